The molecule has 0 aliphatic carbocycles. The standard InChI is InChI=1S/C19H18FN3O3S/c1-11-15-10-16(17(24)22-8-6-12(7-9-22)19(25)26)27-18(15)23(21-11)14-4-2-13(20)3-5-14/h2-5,10,12H,6-9H2,1H3,(H,25,26). The molecular weight excluding hydrogens is 369 g/mol. The van der Waals surface area contributed by atoms with E-state index >= 15 is 0 Å². The van der Waals surface area contributed by atoms with E-state index in [0.717, 1.165) is 21.6 Å². The van der Waals surface area contributed by atoms with Gasteiger partial charge in [0.25, 0.3) is 5.91 Å². The summed E-state index contributed by atoms with van der Waals surface area (Å²) in [6, 6.07) is 7.90. The lowest BCUT2D eigenvalue weighted by molar-refractivity contribution is -0.143. The van der Waals surface area contributed by atoms with Crippen LogP contribution in [0.1, 0.15) is 28.2 Å². The number of aromatic nitrogens is 2. The molecule has 1 saturated heterocycles. The van der Waals surface area contributed by atoms with E-state index in [0.29, 0.717) is 30.8 Å². The van der Waals surface area contributed by atoms with Crippen molar-refractivity contribution in [1.29, 1.82) is 0 Å². The number of nitrogens with zero attached hydrogens (tertiary/aromatic N) is 3. The number of carboxylic acids is 1. The molecule has 1 aliphatic rings. The van der Waals surface area contributed by atoms with E-state index in [-0.39, 0.29) is 17.6 Å². The Hall–Kier alpha value is -2.74. The molecule has 3 heterocycles. The number of aliphatic carboxylic acids is 1. The van der Waals surface area contributed by atoms with Crippen LogP contribution in [-0.4, -0.2) is 44.8 Å². The largest absolute Gasteiger partial charge is 0.481 e. The number of piperidine rings is 1. The number of aryl methyl sites for hydroxylation is 1. The minimum Gasteiger partial charge on any atom is -0.481 e. The van der Waals surface area contributed by atoms with Gasteiger partial charge < -0.3 is 10.0 Å². The van der Waals surface area contributed by atoms with Crippen LogP contribution in [0, 0.1) is 18.7 Å². The molecule has 140 valence electrons. The fourth-order valence-electron chi connectivity index (χ4n) is 3.40. The van der Waals surface area contributed by atoms with Crippen LogP contribution in [0.5, 0.6) is 0 Å². The molecule has 2 aromatic heterocycles. The van der Waals surface area contributed by atoms with Gasteiger partial charge >= 0.3 is 5.97 Å². The van der Waals surface area contributed by atoms with E-state index in [1.807, 2.05) is 13.0 Å². The summed E-state index contributed by atoms with van der Waals surface area (Å²) in [6.07, 6.45) is 0.961. The molecule has 27 heavy (non-hydrogen) atoms. The van der Waals surface area contributed by atoms with Crippen LogP contribution in [0.3, 0.4) is 0 Å². The number of likely N-dealkylation sites (tertiary alicyclic amines) is 1. The van der Waals surface area contributed by atoms with Crippen molar-refractivity contribution >= 4 is 33.4 Å². The Balaban J connectivity index is 1.62. The third-order valence-electron chi connectivity index (χ3n) is 4.96. The zero-order valence-electron chi connectivity index (χ0n) is 14.7. The van der Waals surface area contributed by atoms with Gasteiger partial charge in [0.05, 0.1) is 22.2 Å². The summed E-state index contributed by atoms with van der Waals surface area (Å²) < 4.78 is 14.9. The monoisotopic (exact) mass is 387 g/mol. The molecular formula is C19H18FN3O3S. The summed E-state index contributed by atoms with van der Waals surface area (Å²) in [5, 5.41) is 14.5. The molecule has 1 N–H and O–H groups in total. The molecule has 0 atom stereocenters. The number of hydrogen-bond acceptors (Lipinski definition) is 4. The molecule has 1 aromatic carbocycles. The van der Waals surface area contributed by atoms with Crippen molar-refractivity contribution in [2.24, 2.45) is 5.92 Å². The Morgan fingerprint density at radius 1 is 1.22 bits per heavy atom. The molecule has 0 radical (unpaired) electrons. The van der Waals surface area contributed by atoms with Crippen molar-refractivity contribution in [1.82, 2.24) is 14.7 Å². The Labute approximate surface area is 158 Å². The average Bonchev–Trinajstić information content (AvgIpc) is 3.23. The topological polar surface area (TPSA) is 75.4 Å². The first-order chi connectivity index (χ1) is 12.9. The number of thiophene rings is 1. The van der Waals surface area contributed by atoms with E-state index in [1.54, 1.807) is 21.7 Å². The van der Waals surface area contributed by atoms with Crippen LogP contribution in [0.15, 0.2) is 30.3 Å². The number of hydrogen-bond donors (Lipinski definition) is 1. The highest BCUT2D eigenvalue weighted by Gasteiger charge is 2.28. The van der Waals surface area contributed by atoms with Crippen molar-refractivity contribution in [3.05, 3.63) is 46.7 Å². The summed E-state index contributed by atoms with van der Waals surface area (Å²) in [7, 11) is 0. The second-order valence-corrected chi connectivity index (χ2v) is 7.74. The summed E-state index contributed by atoms with van der Waals surface area (Å²) in [6.45, 7) is 2.78. The van der Waals surface area contributed by atoms with E-state index in [9.17, 15) is 14.0 Å². The predicted molar refractivity (Wildman–Crippen MR) is 99.9 cm³/mol. The summed E-state index contributed by atoms with van der Waals surface area (Å²) in [4.78, 5) is 27.1. The van der Waals surface area contributed by atoms with Crippen molar-refractivity contribution in [3.8, 4) is 5.69 Å². The zero-order chi connectivity index (χ0) is 19.1. The first-order valence-electron chi connectivity index (χ1n) is 8.71. The van der Waals surface area contributed by atoms with Gasteiger partial charge in [-0.1, -0.05) is 0 Å². The highest BCUT2D eigenvalue weighted by molar-refractivity contribution is 7.20. The quantitative estimate of drug-likeness (QED) is 0.747. The third-order valence-corrected chi connectivity index (χ3v) is 6.06. The first kappa shape index (κ1) is 17.7. The van der Waals surface area contributed by atoms with Crippen LogP contribution >= 0.6 is 11.3 Å². The molecule has 3 aromatic rings. The van der Waals surface area contributed by atoms with Crippen LogP contribution in [0.2, 0.25) is 0 Å². The molecule has 4 rings (SSSR count). The SMILES string of the molecule is Cc1nn(-c2ccc(F)cc2)c2sc(C(=O)N3CCC(C(=O)O)CC3)cc12. The van der Waals surface area contributed by atoms with Gasteiger partial charge in [-0.2, -0.15) is 5.10 Å². The van der Waals surface area contributed by atoms with Gasteiger partial charge in [-0.3, -0.25) is 9.59 Å². The zero-order valence-corrected chi connectivity index (χ0v) is 15.5. The Morgan fingerprint density at radius 2 is 1.89 bits per heavy atom. The maximum absolute atomic E-state index is 13.2. The molecule has 0 saturated carbocycles. The summed E-state index contributed by atoms with van der Waals surface area (Å²) >= 11 is 1.35. The average molecular weight is 387 g/mol. The van der Waals surface area contributed by atoms with E-state index < -0.39 is 5.97 Å². The molecule has 1 aliphatic heterocycles. The van der Waals surface area contributed by atoms with Gasteiger partial charge in [-0.05, 0) is 50.1 Å². The molecule has 1 amide bonds. The number of fused-ring (bicyclic) bond motifs is 1. The van der Waals surface area contributed by atoms with Gasteiger partial charge in [-0.25, -0.2) is 9.07 Å². The Kier molecular flexibility index (Phi) is 4.43. The Morgan fingerprint density at radius 3 is 2.52 bits per heavy atom. The van der Waals surface area contributed by atoms with Gasteiger partial charge in [0.2, 0.25) is 0 Å². The van der Waals surface area contributed by atoms with Crippen LogP contribution in [0.4, 0.5) is 4.39 Å². The van der Waals surface area contributed by atoms with Gasteiger partial charge in [0.1, 0.15) is 10.6 Å². The van der Waals surface area contributed by atoms with E-state index in [2.05, 4.69) is 5.10 Å². The molecule has 0 unspecified atom stereocenters. The summed E-state index contributed by atoms with van der Waals surface area (Å²) in [5.74, 6) is -1.56. The van der Waals surface area contributed by atoms with Crippen molar-refractivity contribution in [2.75, 3.05) is 13.1 Å². The molecule has 0 bridgehead atoms. The lowest BCUT2D eigenvalue weighted by Crippen LogP contribution is -2.39. The first-order valence-corrected chi connectivity index (χ1v) is 9.53. The number of carboxylic acid groups (broad SMARTS) is 1. The lowest BCUT2D eigenvalue weighted by atomic mass is 9.97. The molecule has 8 heteroatoms. The second kappa shape index (κ2) is 6.77. The summed E-state index contributed by atoms with van der Waals surface area (Å²) in [5.41, 5.74) is 1.53. The van der Waals surface area contributed by atoms with Gasteiger partial charge in [-0.15, -0.1) is 11.3 Å². The second-order valence-electron chi connectivity index (χ2n) is 6.71. The van der Waals surface area contributed by atoms with Crippen LogP contribution in [-0.2, 0) is 4.79 Å². The lowest BCUT2D eigenvalue weighted by Gasteiger charge is -2.29. The Bertz CT molecular complexity index is 1020. The number of halogens is 1. The number of amides is 1. The smallest absolute Gasteiger partial charge is 0.306 e. The van der Waals surface area contributed by atoms with Crippen molar-refractivity contribution in [3.63, 3.8) is 0 Å². The van der Waals surface area contributed by atoms with Crippen molar-refractivity contribution < 1.29 is 19.1 Å². The normalized spacial score (nSPS) is 15.4. The highest BCUT2D eigenvalue weighted by Crippen LogP contribution is 2.32. The fourth-order valence-corrected chi connectivity index (χ4v) is 4.55. The van der Waals surface area contributed by atoms with Gasteiger partial charge in [0.15, 0.2) is 0 Å². The third kappa shape index (κ3) is 3.21. The fraction of sp³-hybridized carbons (Fsp3) is 0.316. The number of benzene rings is 1. The molecule has 0 spiro atoms. The predicted octanol–water partition coefficient (Wildman–Crippen LogP) is 3.47. The number of carbonyl (C=O) groups is 2. The van der Waals surface area contributed by atoms with Gasteiger partial charge in [0, 0.05) is 18.5 Å². The number of rotatable bonds is 3. The van der Waals surface area contributed by atoms with Crippen molar-refractivity contribution in [2.45, 2.75) is 19.8 Å². The minimum absolute atomic E-state index is 0.0786. The number of carbonyl (C=O) groups excluding carboxylic acids is 1. The van der Waals surface area contributed by atoms with E-state index in [4.69, 9.17) is 5.11 Å². The maximum atomic E-state index is 13.2. The highest BCUT2D eigenvalue weighted by atomic mass is 32.1. The molecule has 1 fully saturated rings. The molecule has 6 nitrogen and oxygen atoms in total. The van der Waals surface area contributed by atoms with Crippen LogP contribution in [0.25, 0.3) is 15.9 Å². The minimum atomic E-state index is -0.793. The maximum Gasteiger partial charge on any atom is 0.306 e. The van der Waals surface area contributed by atoms with E-state index in [1.165, 1.54) is 23.5 Å². The van der Waals surface area contributed by atoms with Crippen LogP contribution < -0.4 is 0 Å².